The van der Waals surface area contributed by atoms with Crippen molar-refractivity contribution in [3.63, 3.8) is 0 Å². The number of thiazole rings is 1. The molecular weight excluding hydrogens is 412 g/mol. The maximum absolute atomic E-state index is 11.7. The van der Waals surface area contributed by atoms with Crippen molar-refractivity contribution < 1.29 is 9.53 Å². The molecule has 1 amide bonds. The van der Waals surface area contributed by atoms with Crippen LogP contribution in [0.4, 0.5) is 0 Å². The molecule has 3 rings (SSSR count). The van der Waals surface area contributed by atoms with Crippen molar-refractivity contribution in [1.82, 2.24) is 9.88 Å². The van der Waals surface area contributed by atoms with Crippen LogP contribution in [0.2, 0.25) is 0 Å². The van der Waals surface area contributed by atoms with Crippen LogP contribution in [0, 0.1) is 5.41 Å². The molecule has 3 aromatic rings. The molecule has 0 spiro atoms. The van der Waals surface area contributed by atoms with Gasteiger partial charge in [-0.2, -0.15) is 0 Å². The van der Waals surface area contributed by atoms with Gasteiger partial charge in [-0.15, -0.1) is 34.4 Å². The van der Waals surface area contributed by atoms with Gasteiger partial charge < -0.3 is 15.4 Å². The van der Waals surface area contributed by atoms with Gasteiger partial charge >= 0.3 is 0 Å². The molecule has 0 aliphatic carbocycles. The predicted octanol–water partition coefficient (Wildman–Crippen LogP) is 4.01. The molecule has 2 heterocycles. The van der Waals surface area contributed by atoms with E-state index in [2.05, 4.69) is 0 Å². The highest BCUT2D eigenvalue weighted by Crippen LogP contribution is 2.40. The fourth-order valence-corrected chi connectivity index (χ4v) is 5.07. The Morgan fingerprint density at radius 3 is 2.82 bits per heavy atom. The molecule has 0 fully saturated rings. The van der Waals surface area contributed by atoms with Crippen molar-refractivity contribution in [1.29, 1.82) is 5.41 Å². The first-order valence-corrected chi connectivity index (χ1v) is 11.2. The molecule has 0 aliphatic rings. The fraction of sp³-hybridized carbons (Fsp3) is 0.211. The van der Waals surface area contributed by atoms with E-state index in [1.54, 1.807) is 37.2 Å². The molecule has 3 N–H and O–H groups in total. The normalized spacial score (nSPS) is 10.7. The molecule has 0 saturated heterocycles. The average Bonchev–Trinajstić information content (AvgIpc) is 3.33. The number of carbonyl (C=O) groups excluding carboxylic acids is 1. The number of thioether (sulfide) groups is 1. The van der Waals surface area contributed by atoms with Crippen LogP contribution in [-0.2, 0) is 4.79 Å². The van der Waals surface area contributed by atoms with Crippen LogP contribution in [-0.4, -0.2) is 48.6 Å². The smallest absolute Gasteiger partial charge is 0.259 e. The number of thiophene rings is 1. The van der Waals surface area contributed by atoms with Gasteiger partial charge in [0.1, 0.15) is 16.6 Å². The number of nitrogens with zero attached hydrogens (tertiary/aromatic N) is 2. The standard InChI is InChI=1S/C19H20N4O2S3/c1-23(2)16(24)9-25-12-6-4-5-11(7-12)14-10-27-18(22-14)13-8-15(17(20)21)28-19(13)26-3/h4-8,10H,9H2,1-3H3,(H3,20,21). The van der Waals surface area contributed by atoms with Crippen LogP contribution in [0.1, 0.15) is 4.88 Å². The van der Waals surface area contributed by atoms with Crippen molar-refractivity contribution in [2.45, 2.75) is 4.21 Å². The molecule has 9 heteroatoms. The van der Waals surface area contributed by atoms with Crippen molar-refractivity contribution in [3.8, 4) is 27.6 Å². The van der Waals surface area contributed by atoms with Crippen LogP contribution >= 0.6 is 34.4 Å². The summed E-state index contributed by atoms with van der Waals surface area (Å²) in [5.74, 6) is 0.603. The minimum absolute atomic E-state index is 0.00141. The van der Waals surface area contributed by atoms with Gasteiger partial charge in [-0.3, -0.25) is 10.2 Å². The first-order valence-electron chi connectivity index (χ1n) is 8.30. The highest BCUT2D eigenvalue weighted by molar-refractivity contribution is 8.00. The minimum atomic E-state index is -0.0929. The minimum Gasteiger partial charge on any atom is -0.484 e. The van der Waals surface area contributed by atoms with E-state index in [-0.39, 0.29) is 18.3 Å². The number of carbonyl (C=O) groups is 1. The largest absolute Gasteiger partial charge is 0.484 e. The third-order valence-corrected chi connectivity index (χ3v) is 7.05. The number of likely N-dealkylation sites (N-methyl/N-ethyl adjacent to an activating group) is 1. The average molecular weight is 433 g/mol. The Balaban J connectivity index is 1.84. The van der Waals surface area contributed by atoms with E-state index in [0.29, 0.717) is 5.75 Å². The number of rotatable bonds is 7. The zero-order valence-electron chi connectivity index (χ0n) is 15.7. The first kappa shape index (κ1) is 20.4. The van der Waals surface area contributed by atoms with Gasteiger partial charge in [0, 0.05) is 30.6 Å². The Hall–Kier alpha value is -2.36. The third kappa shape index (κ3) is 4.54. The molecular formula is C19H20N4O2S3. The lowest BCUT2D eigenvalue weighted by Crippen LogP contribution is -2.27. The van der Waals surface area contributed by atoms with E-state index in [9.17, 15) is 4.79 Å². The molecule has 0 aliphatic heterocycles. The van der Waals surface area contributed by atoms with Crippen LogP contribution in [0.25, 0.3) is 21.8 Å². The summed E-state index contributed by atoms with van der Waals surface area (Å²) < 4.78 is 6.68. The molecule has 0 radical (unpaired) electrons. The second-order valence-corrected chi connectivity index (χ2v) is 9.06. The van der Waals surface area contributed by atoms with Gasteiger partial charge in [0.25, 0.3) is 5.91 Å². The van der Waals surface area contributed by atoms with Gasteiger partial charge in [-0.25, -0.2) is 4.98 Å². The van der Waals surface area contributed by atoms with E-state index in [4.69, 9.17) is 20.9 Å². The zero-order chi connectivity index (χ0) is 20.3. The van der Waals surface area contributed by atoms with E-state index < -0.39 is 0 Å². The van der Waals surface area contributed by atoms with Crippen LogP contribution < -0.4 is 10.5 Å². The van der Waals surface area contributed by atoms with E-state index in [0.717, 1.165) is 30.9 Å². The Kier molecular flexibility index (Phi) is 6.38. The number of aromatic nitrogens is 1. The van der Waals surface area contributed by atoms with Gasteiger partial charge in [0.05, 0.1) is 14.8 Å². The summed E-state index contributed by atoms with van der Waals surface area (Å²) in [4.78, 5) is 18.7. The molecule has 1 aromatic carbocycles. The number of hydrogen-bond acceptors (Lipinski definition) is 7. The number of ether oxygens (including phenoxy) is 1. The number of amides is 1. The third-order valence-electron chi connectivity index (χ3n) is 3.87. The lowest BCUT2D eigenvalue weighted by atomic mass is 10.1. The van der Waals surface area contributed by atoms with Gasteiger partial charge in [-0.05, 0) is 24.5 Å². The monoisotopic (exact) mass is 432 g/mol. The molecule has 2 aromatic heterocycles. The maximum Gasteiger partial charge on any atom is 0.259 e. The summed E-state index contributed by atoms with van der Waals surface area (Å²) in [5.41, 5.74) is 8.40. The number of nitrogen functional groups attached to an aromatic ring is 1. The van der Waals surface area contributed by atoms with E-state index in [1.807, 2.05) is 42.0 Å². The molecule has 0 atom stereocenters. The lowest BCUT2D eigenvalue weighted by Gasteiger charge is -2.11. The Labute approximate surface area is 175 Å². The van der Waals surface area contributed by atoms with Crippen molar-refractivity contribution in [2.24, 2.45) is 5.73 Å². The molecule has 0 unspecified atom stereocenters. The summed E-state index contributed by atoms with van der Waals surface area (Å²) in [6.07, 6.45) is 2.00. The van der Waals surface area contributed by atoms with Gasteiger partial charge in [0.15, 0.2) is 6.61 Å². The van der Waals surface area contributed by atoms with Crippen LogP contribution in [0.15, 0.2) is 39.9 Å². The number of nitrogens with one attached hydrogen (secondary N) is 1. The number of amidine groups is 1. The lowest BCUT2D eigenvalue weighted by molar-refractivity contribution is -0.130. The second kappa shape index (κ2) is 8.76. The Morgan fingerprint density at radius 1 is 1.36 bits per heavy atom. The summed E-state index contributed by atoms with van der Waals surface area (Å²) in [6.45, 7) is -0.00141. The van der Waals surface area contributed by atoms with Crippen molar-refractivity contribution in [2.75, 3.05) is 27.0 Å². The summed E-state index contributed by atoms with van der Waals surface area (Å²) in [6, 6.07) is 9.47. The Bertz CT molecular complexity index is 1010. The number of benzene rings is 1. The van der Waals surface area contributed by atoms with Crippen LogP contribution in [0.3, 0.4) is 0 Å². The quantitative estimate of drug-likeness (QED) is 0.334. The molecule has 6 nitrogen and oxygen atoms in total. The van der Waals surface area contributed by atoms with E-state index in [1.165, 1.54) is 16.2 Å². The number of hydrogen-bond donors (Lipinski definition) is 2. The van der Waals surface area contributed by atoms with Gasteiger partial charge in [-0.1, -0.05) is 12.1 Å². The highest BCUT2D eigenvalue weighted by Gasteiger charge is 2.16. The van der Waals surface area contributed by atoms with Gasteiger partial charge in [0.2, 0.25) is 0 Å². The molecule has 28 heavy (non-hydrogen) atoms. The SMILES string of the molecule is CSc1sc(C(=N)N)cc1-c1nc(-c2cccc(OCC(=O)N(C)C)c2)cs1. The maximum atomic E-state index is 11.7. The predicted molar refractivity (Wildman–Crippen MR) is 118 cm³/mol. The number of nitrogens with two attached hydrogens (primary N) is 1. The molecule has 0 bridgehead atoms. The highest BCUT2D eigenvalue weighted by atomic mass is 32.2. The summed E-state index contributed by atoms with van der Waals surface area (Å²) in [5, 5.41) is 10.5. The van der Waals surface area contributed by atoms with E-state index >= 15 is 0 Å². The Morgan fingerprint density at radius 2 is 2.14 bits per heavy atom. The molecule has 0 saturated carbocycles. The van der Waals surface area contributed by atoms with Crippen molar-refractivity contribution in [3.05, 3.63) is 40.6 Å². The zero-order valence-corrected chi connectivity index (χ0v) is 18.1. The summed E-state index contributed by atoms with van der Waals surface area (Å²) in [7, 11) is 3.40. The topological polar surface area (TPSA) is 92.3 Å². The molecule has 146 valence electrons. The summed E-state index contributed by atoms with van der Waals surface area (Å²) >= 11 is 4.68. The first-order chi connectivity index (χ1) is 13.4. The second-order valence-electron chi connectivity index (χ2n) is 6.07. The van der Waals surface area contributed by atoms with Crippen molar-refractivity contribution >= 4 is 46.2 Å². The van der Waals surface area contributed by atoms with Crippen LogP contribution in [0.5, 0.6) is 5.75 Å². The fourth-order valence-electron chi connectivity index (χ4n) is 2.36.